The van der Waals surface area contributed by atoms with Crippen LogP contribution < -0.4 is 5.32 Å². The normalized spacial score (nSPS) is 9.93. The minimum absolute atomic E-state index is 0.831. The van der Waals surface area contributed by atoms with Crippen LogP contribution in [0, 0.1) is 19.3 Å². The van der Waals surface area contributed by atoms with E-state index in [0.29, 0.717) is 0 Å². The standard InChI is InChI=1S/C13H16ClN/c1-3-4-5-8-15-10-12-7-6-11(2)13(14)9-12/h1,6-7,9,15H,4-5,8,10H2,2H3. The number of nitrogens with one attached hydrogen (secondary N) is 1. The van der Waals surface area contributed by atoms with Crippen molar-refractivity contribution in [1.29, 1.82) is 0 Å². The Bertz CT molecular complexity index is 352. The van der Waals surface area contributed by atoms with Crippen LogP contribution in [0.15, 0.2) is 18.2 Å². The van der Waals surface area contributed by atoms with E-state index in [1.807, 2.05) is 19.1 Å². The lowest BCUT2D eigenvalue weighted by atomic mass is 10.1. The monoisotopic (exact) mass is 221 g/mol. The second-order valence-corrected chi connectivity index (χ2v) is 3.98. The fourth-order valence-corrected chi connectivity index (χ4v) is 1.50. The van der Waals surface area contributed by atoms with Gasteiger partial charge in [-0.3, -0.25) is 0 Å². The van der Waals surface area contributed by atoms with Gasteiger partial charge in [0, 0.05) is 18.0 Å². The molecule has 0 bridgehead atoms. The van der Waals surface area contributed by atoms with Crippen LogP contribution in [0.2, 0.25) is 5.02 Å². The van der Waals surface area contributed by atoms with Gasteiger partial charge in [0.15, 0.2) is 0 Å². The minimum atomic E-state index is 0.831. The van der Waals surface area contributed by atoms with Crippen LogP contribution in [0.4, 0.5) is 0 Å². The van der Waals surface area contributed by atoms with Gasteiger partial charge >= 0.3 is 0 Å². The maximum atomic E-state index is 6.02. The molecule has 0 atom stereocenters. The SMILES string of the molecule is C#CCCCNCc1ccc(C)c(Cl)c1. The van der Waals surface area contributed by atoms with Gasteiger partial charge in [0.1, 0.15) is 0 Å². The molecule has 15 heavy (non-hydrogen) atoms. The van der Waals surface area contributed by atoms with E-state index in [-0.39, 0.29) is 0 Å². The van der Waals surface area contributed by atoms with Gasteiger partial charge in [-0.05, 0) is 37.1 Å². The van der Waals surface area contributed by atoms with Crippen LogP contribution in [0.1, 0.15) is 24.0 Å². The Kier molecular flexibility index (Phi) is 5.25. The third-order valence-electron chi connectivity index (χ3n) is 2.24. The number of aryl methyl sites for hydroxylation is 1. The zero-order valence-electron chi connectivity index (χ0n) is 9.02. The summed E-state index contributed by atoms with van der Waals surface area (Å²) in [6.45, 7) is 3.81. The molecule has 0 unspecified atom stereocenters. The van der Waals surface area contributed by atoms with Crippen molar-refractivity contribution < 1.29 is 0 Å². The molecule has 0 radical (unpaired) electrons. The number of benzene rings is 1. The molecule has 1 rings (SSSR count). The van der Waals surface area contributed by atoms with Crippen molar-refractivity contribution in [3.05, 3.63) is 34.3 Å². The first-order chi connectivity index (χ1) is 7.24. The summed E-state index contributed by atoms with van der Waals surface area (Å²) in [7, 11) is 0. The predicted molar refractivity (Wildman–Crippen MR) is 66.0 cm³/mol. The topological polar surface area (TPSA) is 12.0 Å². The molecule has 1 nitrogen and oxygen atoms in total. The van der Waals surface area contributed by atoms with Gasteiger partial charge in [-0.1, -0.05) is 23.7 Å². The van der Waals surface area contributed by atoms with Crippen molar-refractivity contribution in [2.45, 2.75) is 26.3 Å². The number of hydrogen-bond donors (Lipinski definition) is 1. The maximum Gasteiger partial charge on any atom is 0.0438 e. The van der Waals surface area contributed by atoms with Crippen LogP contribution >= 0.6 is 11.6 Å². The Morgan fingerprint density at radius 2 is 2.27 bits per heavy atom. The fraction of sp³-hybridized carbons (Fsp3) is 0.385. The van der Waals surface area contributed by atoms with E-state index < -0.39 is 0 Å². The van der Waals surface area contributed by atoms with Gasteiger partial charge in [0.2, 0.25) is 0 Å². The molecule has 1 aromatic carbocycles. The Balaban J connectivity index is 2.32. The van der Waals surface area contributed by atoms with Crippen LogP contribution in [0.3, 0.4) is 0 Å². The van der Waals surface area contributed by atoms with Crippen LogP contribution in [0.5, 0.6) is 0 Å². The van der Waals surface area contributed by atoms with E-state index >= 15 is 0 Å². The number of halogens is 1. The second kappa shape index (κ2) is 6.50. The maximum absolute atomic E-state index is 6.02. The largest absolute Gasteiger partial charge is 0.313 e. The van der Waals surface area contributed by atoms with Crippen LogP contribution in [-0.2, 0) is 6.54 Å². The lowest BCUT2D eigenvalue weighted by Crippen LogP contribution is -2.14. The van der Waals surface area contributed by atoms with E-state index in [1.165, 1.54) is 5.56 Å². The van der Waals surface area contributed by atoms with Gasteiger partial charge in [-0.15, -0.1) is 12.3 Å². The lowest BCUT2D eigenvalue weighted by Gasteiger charge is -2.05. The number of hydrogen-bond acceptors (Lipinski definition) is 1. The molecule has 80 valence electrons. The Hall–Kier alpha value is -0.970. The van der Waals surface area contributed by atoms with E-state index in [1.54, 1.807) is 0 Å². The third-order valence-corrected chi connectivity index (χ3v) is 2.65. The second-order valence-electron chi connectivity index (χ2n) is 3.57. The smallest absolute Gasteiger partial charge is 0.0438 e. The van der Waals surface area contributed by atoms with Crippen molar-refractivity contribution in [2.24, 2.45) is 0 Å². The van der Waals surface area contributed by atoms with Gasteiger partial charge in [-0.25, -0.2) is 0 Å². The minimum Gasteiger partial charge on any atom is -0.313 e. The summed E-state index contributed by atoms with van der Waals surface area (Å²) in [5.74, 6) is 2.62. The Morgan fingerprint density at radius 1 is 1.47 bits per heavy atom. The molecule has 2 heteroatoms. The fourth-order valence-electron chi connectivity index (χ4n) is 1.29. The quantitative estimate of drug-likeness (QED) is 0.595. The highest BCUT2D eigenvalue weighted by molar-refractivity contribution is 6.31. The molecule has 0 heterocycles. The lowest BCUT2D eigenvalue weighted by molar-refractivity contribution is 0.659. The van der Waals surface area contributed by atoms with Crippen LogP contribution in [0.25, 0.3) is 0 Å². The molecule has 0 aliphatic rings. The summed E-state index contributed by atoms with van der Waals surface area (Å²) in [6, 6.07) is 6.14. The van der Waals surface area contributed by atoms with Gasteiger partial charge in [0.05, 0.1) is 0 Å². The zero-order chi connectivity index (χ0) is 11.1. The molecule has 0 aliphatic carbocycles. The van der Waals surface area contributed by atoms with Crippen molar-refractivity contribution in [3.63, 3.8) is 0 Å². The van der Waals surface area contributed by atoms with E-state index in [0.717, 1.165) is 36.5 Å². The number of rotatable bonds is 5. The van der Waals surface area contributed by atoms with Crippen molar-refractivity contribution in [2.75, 3.05) is 6.54 Å². The molecular weight excluding hydrogens is 206 g/mol. The van der Waals surface area contributed by atoms with E-state index in [9.17, 15) is 0 Å². The molecule has 1 aromatic rings. The Morgan fingerprint density at radius 3 is 2.93 bits per heavy atom. The first kappa shape index (κ1) is 12.1. The van der Waals surface area contributed by atoms with Crippen molar-refractivity contribution in [1.82, 2.24) is 5.32 Å². The molecule has 0 aliphatic heterocycles. The number of unbranched alkanes of at least 4 members (excludes halogenated alkanes) is 1. The molecule has 0 saturated heterocycles. The number of terminal acetylenes is 1. The summed E-state index contributed by atoms with van der Waals surface area (Å²) in [5.41, 5.74) is 2.33. The first-order valence-electron chi connectivity index (χ1n) is 5.13. The summed E-state index contributed by atoms with van der Waals surface area (Å²) in [5, 5.41) is 4.16. The molecule has 0 fully saturated rings. The van der Waals surface area contributed by atoms with E-state index in [4.69, 9.17) is 18.0 Å². The van der Waals surface area contributed by atoms with Gasteiger partial charge < -0.3 is 5.32 Å². The molecule has 0 spiro atoms. The highest BCUT2D eigenvalue weighted by Gasteiger charge is 1.97. The van der Waals surface area contributed by atoms with E-state index in [2.05, 4.69) is 17.3 Å². The predicted octanol–water partition coefficient (Wildman–Crippen LogP) is 3.15. The third kappa shape index (κ3) is 4.38. The van der Waals surface area contributed by atoms with Crippen molar-refractivity contribution in [3.8, 4) is 12.3 Å². The molecule has 0 aromatic heterocycles. The Labute approximate surface area is 96.8 Å². The molecule has 0 amide bonds. The first-order valence-corrected chi connectivity index (χ1v) is 5.51. The molecule has 0 saturated carbocycles. The van der Waals surface area contributed by atoms with Crippen molar-refractivity contribution >= 4 is 11.6 Å². The summed E-state index contributed by atoms with van der Waals surface area (Å²) in [4.78, 5) is 0. The highest BCUT2D eigenvalue weighted by atomic mass is 35.5. The summed E-state index contributed by atoms with van der Waals surface area (Å²) in [6.07, 6.45) is 7.02. The summed E-state index contributed by atoms with van der Waals surface area (Å²) < 4.78 is 0. The zero-order valence-corrected chi connectivity index (χ0v) is 9.77. The highest BCUT2D eigenvalue weighted by Crippen LogP contribution is 2.16. The summed E-state index contributed by atoms with van der Waals surface area (Å²) >= 11 is 6.02. The molecule has 1 N–H and O–H groups in total. The van der Waals surface area contributed by atoms with Gasteiger partial charge in [0.25, 0.3) is 0 Å². The molecular formula is C13H16ClN. The van der Waals surface area contributed by atoms with Crippen LogP contribution in [-0.4, -0.2) is 6.54 Å². The average molecular weight is 222 g/mol. The average Bonchev–Trinajstić information content (AvgIpc) is 2.23. The van der Waals surface area contributed by atoms with Gasteiger partial charge in [-0.2, -0.15) is 0 Å².